The van der Waals surface area contributed by atoms with Gasteiger partial charge in [-0.1, -0.05) is 6.07 Å². The third kappa shape index (κ3) is 5.17. The summed E-state index contributed by atoms with van der Waals surface area (Å²) in [6.45, 7) is 6.85. The number of hydrogen-bond acceptors (Lipinski definition) is 8. The van der Waals surface area contributed by atoms with E-state index in [4.69, 9.17) is 14.2 Å². The van der Waals surface area contributed by atoms with Crippen molar-refractivity contribution in [1.82, 2.24) is 9.88 Å². The van der Waals surface area contributed by atoms with E-state index >= 15 is 0 Å². The minimum Gasteiger partial charge on any atom is -0.493 e. The molecule has 0 saturated carbocycles. The second-order valence-electron chi connectivity index (χ2n) is 5.85. The highest BCUT2D eigenvalue weighted by atomic mass is 32.1. The Bertz CT molecular complexity index is 729. The van der Waals surface area contributed by atoms with Crippen LogP contribution in [0.15, 0.2) is 28.7 Å². The van der Waals surface area contributed by atoms with Crippen molar-refractivity contribution in [3.05, 3.63) is 34.8 Å². The van der Waals surface area contributed by atoms with Crippen LogP contribution in [0.1, 0.15) is 11.3 Å². The van der Waals surface area contributed by atoms with Gasteiger partial charge in [-0.15, -0.1) is 11.3 Å². The van der Waals surface area contributed by atoms with E-state index in [1.54, 1.807) is 13.3 Å². The summed E-state index contributed by atoms with van der Waals surface area (Å²) in [6.07, 6.45) is 1.73. The molecular formula is C18H24N4O3S. The van der Waals surface area contributed by atoms with Crippen LogP contribution in [-0.4, -0.2) is 62.7 Å². The lowest BCUT2D eigenvalue weighted by molar-refractivity contribution is 0.0321. The molecule has 0 unspecified atom stereocenters. The molecule has 2 aromatic rings. The minimum atomic E-state index is 0.584. The smallest absolute Gasteiger partial charge is 0.203 e. The Hall–Kier alpha value is -2.16. The fraction of sp³-hybridized carbons (Fsp3) is 0.444. The number of nitrogens with one attached hydrogen (secondary N) is 1. The molecule has 26 heavy (non-hydrogen) atoms. The van der Waals surface area contributed by atoms with Crippen LogP contribution in [0.3, 0.4) is 0 Å². The van der Waals surface area contributed by atoms with Gasteiger partial charge in [0.2, 0.25) is 5.13 Å². The van der Waals surface area contributed by atoms with Gasteiger partial charge in [0.05, 0.1) is 32.2 Å². The monoisotopic (exact) mass is 376 g/mol. The van der Waals surface area contributed by atoms with E-state index in [0.717, 1.165) is 49.2 Å². The number of hydrogen-bond donors (Lipinski definition) is 1. The summed E-state index contributed by atoms with van der Waals surface area (Å²) < 4.78 is 16.8. The first-order chi connectivity index (χ1) is 12.8. The largest absolute Gasteiger partial charge is 0.493 e. The predicted octanol–water partition coefficient (Wildman–Crippen LogP) is 2.62. The van der Waals surface area contributed by atoms with Crippen molar-refractivity contribution in [2.45, 2.75) is 6.92 Å². The Morgan fingerprint density at radius 2 is 2.23 bits per heavy atom. The highest BCUT2D eigenvalue weighted by Gasteiger charge is 2.13. The number of para-hydroxylation sites is 1. The van der Waals surface area contributed by atoms with Crippen LogP contribution < -0.4 is 14.9 Å². The normalized spacial score (nSPS) is 15.3. The van der Waals surface area contributed by atoms with Crippen LogP contribution in [-0.2, 0) is 4.74 Å². The van der Waals surface area contributed by atoms with Crippen LogP contribution in [0.5, 0.6) is 11.5 Å². The quantitative estimate of drug-likeness (QED) is 0.564. The molecule has 1 aliphatic heterocycles. The van der Waals surface area contributed by atoms with Gasteiger partial charge in [-0.25, -0.2) is 4.98 Å². The summed E-state index contributed by atoms with van der Waals surface area (Å²) in [5.41, 5.74) is 4.77. The molecule has 0 amide bonds. The predicted molar refractivity (Wildman–Crippen MR) is 104 cm³/mol. The van der Waals surface area contributed by atoms with E-state index in [1.165, 1.54) is 11.3 Å². The topological polar surface area (TPSA) is 68.2 Å². The average molecular weight is 376 g/mol. The third-order valence-corrected chi connectivity index (χ3v) is 4.83. The Morgan fingerprint density at radius 3 is 2.96 bits per heavy atom. The van der Waals surface area contributed by atoms with Gasteiger partial charge in [0.25, 0.3) is 0 Å². The molecule has 0 radical (unpaired) electrons. The zero-order valence-corrected chi connectivity index (χ0v) is 15.9. The summed E-state index contributed by atoms with van der Waals surface area (Å²) >= 11 is 1.52. The maximum atomic E-state index is 6.03. The number of aryl methyl sites for hydroxylation is 1. The van der Waals surface area contributed by atoms with Crippen molar-refractivity contribution >= 4 is 22.7 Å². The molecule has 8 heteroatoms. The standard InChI is InChI=1S/C18H24N4O3S/c1-14-13-26-18(20-14)21-19-12-15-4-3-5-16(23-2)17(15)25-11-8-22-6-9-24-10-7-22/h3-5,12-13H,6-11H2,1-2H3,(H,20,21). The van der Waals surface area contributed by atoms with Gasteiger partial charge in [0.1, 0.15) is 6.61 Å². The van der Waals surface area contributed by atoms with Crippen LogP contribution in [0.4, 0.5) is 5.13 Å². The van der Waals surface area contributed by atoms with E-state index in [1.807, 2.05) is 30.5 Å². The molecule has 0 atom stereocenters. The Kier molecular flexibility index (Phi) is 6.82. The molecule has 0 spiro atoms. The second kappa shape index (κ2) is 9.51. The fourth-order valence-corrected chi connectivity index (χ4v) is 3.25. The highest BCUT2D eigenvalue weighted by molar-refractivity contribution is 7.13. The minimum absolute atomic E-state index is 0.584. The van der Waals surface area contributed by atoms with Crippen molar-refractivity contribution in [2.24, 2.45) is 5.10 Å². The number of morpholine rings is 1. The molecule has 1 aliphatic rings. The molecule has 1 aromatic heterocycles. The SMILES string of the molecule is COc1cccc(C=NNc2nc(C)cs2)c1OCCN1CCOCC1. The maximum absolute atomic E-state index is 6.03. The number of methoxy groups -OCH3 is 1. The summed E-state index contributed by atoms with van der Waals surface area (Å²) in [4.78, 5) is 6.65. The summed E-state index contributed by atoms with van der Waals surface area (Å²) in [5, 5.41) is 7.01. The number of thiazole rings is 1. The highest BCUT2D eigenvalue weighted by Crippen LogP contribution is 2.30. The van der Waals surface area contributed by atoms with E-state index in [9.17, 15) is 0 Å². The van der Waals surface area contributed by atoms with Gasteiger partial charge in [-0.05, 0) is 19.1 Å². The van der Waals surface area contributed by atoms with E-state index in [0.29, 0.717) is 18.1 Å². The maximum Gasteiger partial charge on any atom is 0.203 e. The second-order valence-corrected chi connectivity index (χ2v) is 6.70. The number of nitrogens with zero attached hydrogens (tertiary/aromatic N) is 3. The van der Waals surface area contributed by atoms with Crippen LogP contribution in [0.25, 0.3) is 0 Å². The first-order valence-corrected chi connectivity index (χ1v) is 9.45. The number of benzene rings is 1. The summed E-state index contributed by atoms with van der Waals surface area (Å²) in [5.74, 6) is 1.39. The molecule has 1 aromatic carbocycles. The van der Waals surface area contributed by atoms with Crippen molar-refractivity contribution in [3.8, 4) is 11.5 Å². The first-order valence-electron chi connectivity index (χ1n) is 8.57. The molecule has 0 aliphatic carbocycles. The lowest BCUT2D eigenvalue weighted by Gasteiger charge is -2.26. The molecule has 7 nitrogen and oxygen atoms in total. The van der Waals surface area contributed by atoms with Crippen LogP contribution in [0.2, 0.25) is 0 Å². The molecule has 0 bridgehead atoms. The lowest BCUT2D eigenvalue weighted by atomic mass is 10.2. The van der Waals surface area contributed by atoms with Crippen LogP contribution in [0, 0.1) is 6.92 Å². The Morgan fingerprint density at radius 1 is 1.38 bits per heavy atom. The van der Waals surface area contributed by atoms with Crippen molar-refractivity contribution in [1.29, 1.82) is 0 Å². The average Bonchev–Trinajstić information content (AvgIpc) is 3.08. The van der Waals surface area contributed by atoms with Gasteiger partial charge in [-0.2, -0.15) is 5.10 Å². The summed E-state index contributed by atoms with van der Waals surface area (Å²) in [7, 11) is 1.64. The molecule has 2 heterocycles. The molecular weight excluding hydrogens is 352 g/mol. The lowest BCUT2D eigenvalue weighted by Crippen LogP contribution is -2.38. The fourth-order valence-electron chi connectivity index (χ4n) is 2.61. The van der Waals surface area contributed by atoms with Crippen molar-refractivity contribution in [3.63, 3.8) is 0 Å². The molecule has 3 rings (SSSR count). The number of aromatic nitrogens is 1. The summed E-state index contributed by atoms with van der Waals surface area (Å²) in [6, 6.07) is 5.76. The number of hydrazone groups is 1. The molecule has 1 fully saturated rings. The van der Waals surface area contributed by atoms with Gasteiger partial charge < -0.3 is 14.2 Å². The Labute approximate surface area is 157 Å². The van der Waals surface area contributed by atoms with Crippen molar-refractivity contribution in [2.75, 3.05) is 52.0 Å². The zero-order chi connectivity index (χ0) is 18.2. The Balaban J connectivity index is 1.62. The third-order valence-electron chi connectivity index (χ3n) is 3.97. The number of anilines is 1. The number of rotatable bonds is 8. The first kappa shape index (κ1) is 18.6. The van der Waals surface area contributed by atoms with E-state index in [-0.39, 0.29) is 0 Å². The van der Waals surface area contributed by atoms with Gasteiger partial charge >= 0.3 is 0 Å². The van der Waals surface area contributed by atoms with E-state index < -0.39 is 0 Å². The zero-order valence-electron chi connectivity index (χ0n) is 15.1. The molecule has 1 saturated heterocycles. The van der Waals surface area contributed by atoms with Crippen molar-refractivity contribution < 1.29 is 14.2 Å². The van der Waals surface area contributed by atoms with Gasteiger partial charge in [-0.3, -0.25) is 10.3 Å². The van der Waals surface area contributed by atoms with E-state index in [2.05, 4.69) is 20.4 Å². The van der Waals surface area contributed by atoms with Gasteiger partial charge in [0, 0.05) is 30.6 Å². The van der Waals surface area contributed by atoms with Gasteiger partial charge in [0.15, 0.2) is 11.5 Å². The van der Waals surface area contributed by atoms with Crippen LogP contribution >= 0.6 is 11.3 Å². The number of ether oxygens (including phenoxy) is 3. The molecule has 1 N–H and O–H groups in total. The molecule has 140 valence electrons.